The number of rotatable bonds is 4. The molecule has 3 heterocycles. The number of aryl methyl sites for hydroxylation is 1. The normalized spacial score (nSPS) is 13.8. The zero-order chi connectivity index (χ0) is 20.9. The first-order chi connectivity index (χ1) is 14.6. The lowest BCUT2D eigenvalue weighted by Gasteiger charge is -2.35. The summed E-state index contributed by atoms with van der Waals surface area (Å²) in [5.74, 6) is 1.69. The monoisotopic (exact) mass is 407 g/mol. The molecule has 8 nitrogen and oxygen atoms in total. The molecule has 3 aromatic rings. The number of anilines is 4. The van der Waals surface area contributed by atoms with E-state index in [0.29, 0.717) is 43.5 Å². The fraction of sp³-hybridized carbons (Fsp3) is 0.238. The Morgan fingerprint density at radius 2 is 1.80 bits per heavy atom. The summed E-state index contributed by atoms with van der Waals surface area (Å²) in [4.78, 5) is 20.5. The van der Waals surface area contributed by atoms with Crippen molar-refractivity contribution in [3.05, 3.63) is 66.1 Å². The van der Waals surface area contributed by atoms with Crippen LogP contribution >= 0.6 is 0 Å². The predicted octanol–water partition coefficient (Wildman–Crippen LogP) is 3.42. The van der Waals surface area contributed by atoms with E-state index in [9.17, 15) is 9.18 Å². The van der Waals surface area contributed by atoms with Crippen LogP contribution in [0.5, 0.6) is 0 Å². The number of aromatic nitrogens is 3. The van der Waals surface area contributed by atoms with Crippen molar-refractivity contribution in [3.8, 4) is 0 Å². The summed E-state index contributed by atoms with van der Waals surface area (Å²) < 4.78 is 13.3. The van der Waals surface area contributed by atoms with E-state index in [4.69, 9.17) is 0 Å². The molecule has 1 aliphatic rings. The van der Waals surface area contributed by atoms with Gasteiger partial charge in [-0.3, -0.25) is 0 Å². The number of hydrogen-bond donors (Lipinski definition) is 2. The molecule has 0 radical (unpaired) electrons. The highest BCUT2D eigenvalue weighted by molar-refractivity contribution is 5.89. The average Bonchev–Trinajstić information content (AvgIpc) is 2.76. The first kappa shape index (κ1) is 19.6. The molecular formula is C21H22FN7O. The zero-order valence-corrected chi connectivity index (χ0v) is 16.5. The van der Waals surface area contributed by atoms with Gasteiger partial charge in [0.05, 0.1) is 0 Å². The number of carbonyl (C=O) groups is 1. The topological polar surface area (TPSA) is 86.3 Å². The lowest BCUT2D eigenvalue weighted by Crippen LogP contribution is -2.50. The number of piperazine rings is 1. The lowest BCUT2D eigenvalue weighted by atomic mass is 10.3. The Hall–Kier alpha value is -3.75. The Labute approximate surface area is 173 Å². The van der Waals surface area contributed by atoms with E-state index in [1.807, 2.05) is 31.2 Å². The minimum absolute atomic E-state index is 0.239. The summed E-state index contributed by atoms with van der Waals surface area (Å²) in [5.41, 5.74) is 1.53. The molecule has 9 heteroatoms. The molecule has 1 aromatic carbocycles. The maximum absolute atomic E-state index is 13.3. The van der Waals surface area contributed by atoms with Crippen molar-refractivity contribution in [1.29, 1.82) is 0 Å². The van der Waals surface area contributed by atoms with Crippen LogP contribution in [0, 0.1) is 12.7 Å². The van der Waals surface area contributed by atoms with Crippen LogP contribution in [0.1, 0.15) is 5.56 Å². The molecular weight excluding hydrogens is 385 g/mol. The Kier molecular flexibility index (Phi) is 5.69. The first-order valence-corrected chi connectivity index (χ1v) is 9.67. The van der Waals surface area contributed by atoms with Crippen LogP contribution in [0.25, 0.3) is 0 Å². The molecule has 0 atom stereocenters. The SMILES string of the molecule is Cc1ccc(Nc2ccc(N3CCN(C(=O)Nc4cccc(F)c4)CC3)nn2)nc1. The van der Waals surface area contributed by atoms with Gasteiger partial charge in [0, 0.05) is 38.1 Å². The van der Waals surface area contributed by atoms with Gasteiger partial charge in [-0.25, -0.2) is 14.2 Å². The van der Waals surface area contributed by atoms with E-state index in [1.54, 1.807) is 23.2 Å². The van der Waals surface area contributed by atoms with Gasteiger partial charge in [0.15, 0.2) is 11.6 Å². The van der Waals surface area contributed by atoms with E-state index in [-0.39, 0.29) is 11.8 Å². The van der Waals surface area contributed by atoms with Gasteiger partial charge in [0.2, 0.25) is 0 Å². The second-order valence-electron chi connectivity index (χ2n) is 7.04. The standard InChI is InChI=1S/C21H22FN7O/c1-15-5-6-18(23-14-15)25-19-7-8-20(27-26-19)28-9-11-29(12-10-28)21(30)24-17-4-2-3-16(22)13-17/h2-8,13-14H,9-12H2,1H3,(H,24,30)(H,23,25,26). The average molecular weight is 407 g/mol. The number of nitrogens with one attached hydrogen (secondary N) is 2. The van der Waals surface area contributed by atoms with Crippen molar-refractivity contribution in [2.45, 2.75) is 6.92 Å². The number of halogens is 1. The number of amides is 2. The number of hydrogen-bond acceptors (Lipinski definition) is 6. The van der Waals surface area contributed by atoms with Gasteiger partial charge >= 0.3 is 6.03 Å². The highest BCUT2D eigenvalue weighted by Crippen LogP contribution is 2.17. The smallest absolute Gasteiger partial charge is 0.321 e. The van der Waals surface area contributed by atoms with E-state index >= 15 is 0 Å². The van der Waals surface area contributed by atoms with Crippen LogP contribution in [0.2, 0.25) is 0 Å². The van der Waals surface area contributed by atoms with Crippen molar-refractivity contribution in [2.75, 3.05) is 41.7 Å². The van der Waals surface area contributed by atoms with Crippen molar-refractivity contribution >= 4 is 29.2 Å². The molecule has 2 aromatic heterocycles. The fourth-order valence-electron chi connectivity index (χ4n) is 3.14. The second kappa shape index (κ2) is 8.73. The molecule has 0 saturated carbocycles. The summed E-state index contributed by atoms with van der Waals surface area (Å²) in [6, 6.07) is 13.2. The van der Waals surface area contributed by atoms with E-state index in [0.717, 1.165) is 11.4 Å². The van der Waals surface area contributed by atoms with Crippen LogP contribution in [-0.2, 0) is 0 Å². The molecule has 1 aliphatic heterocycles. The molecule has 154 valence electrons. The van der Waals surface area contributed by atoms with Crippen molar-refractivity contribution in [1.82, 2.24) is 20.1 Å². The number of carbonyl (C=O) groups excluding carboxylic acids is 1. The predicted molar refractivity (Wildman–Crippen MR) is 113 cm³/mol. The Morgan fingerprint density at radius 3 is 2.47 bits per heavy atom. The van der Waals surface area contributed by atoms with Gasteiger partial charge in [0.1, 0.15) is 11.6 Å². The van der Waals surface area contributed by atoms with Crippen molar-refractivity contribution in [3.63, 3.8) is 0 Å². The maximum Gasteiger partial charge on any atom is 0.321 e. The van der Waals surface area contributed by atoms with E-state index in [1.165, 1.54) is 12.1 Å². The first-order valence-electron chi connectivity index (χ1n) is 9.67. The van der Waals surface area contributed by atoms with Gasteiger partial charge in [-0.1, -0.05) is 12.1 Å². The van der Waals surface area contributed by atoms with E-state index in [2.05, 4.69) is 30.7 Å². The largest absolute Gasteiger partial charge is 0.352 e. The quantitative estimate of drug-likeness (QED) is 0.689. The van der Waals surface area contributed by atoms with E-state index < -0.39 is 0 Å². The third-order valence-electron chi connectivity index (χ3n) is 4.78. The van der Waals surface area contributed by atoms with Crippen LogP contribution in [0.15, 0.2) is 54.7 Å². The van der Waals surface area contributed by atoms with Crippen LogP contribution < -0.4 is 15.5 Å². The van der Waals surface area contributed by atoms with Gasteiger partial charge < -0.3 is 20.4 Å². The maximum atomic E-state index is 13.3. The van der Waals surface area contributed by atoms with Crippen molar-refractivity contribution in [2.24, 2.45) is 0 Å². The van der Waals surface area contributed by atoms with Crippen molar-refractivity contribution < 1.29 is 9.18 Å². The summed E-state index contributed by atoms with van der Waals surface area (Å²) >= 11 is 0. The highest BCUT2D eigenvalue weighted by Gasteiger charge is 2.22. The molecule has 0 unspecified atom stereocenters. The number of benzene rings is 1. The number of pyridine rings is 1. The molecule has 30 heavy (non-hydrogen) atoms. The van der Waals surface area contributed by atoms with Gasteiger partial charge in [0.25, 0.3) is 0 Å². The van der Waals surface area contributed by atoms with Crippen LogP contribution in [0.3, 0.4) is 0 Å². The summed E-state index contributed by atoms with van der Waals surface area (Å²) in [7, 11) is 0. The Morgan fingerprint density at radius 1 is 1.00 bits per heavy atom. The Balaban J connectivity index is 1.30. The molecule has 4 rings (SSSR count). The molecule has 2 N–H and O–H groups in total. The van der Waals surface area contributed by atoms with Gasteiger partial charge in [-0.15, -0.1) is 10.2 Å². The Bertz CT molecular complexity index is 1000. The molecule has 0 bridgehead atoms. The number of urea groups is 1. The molecule has 1 fully saturated rings. The molecule has 2 amide bonds. The van der Waals surface area contributed by atoms with Crippen LogP contribution in [0.4, 0.5) is 32.3 Å². The summed E-state index contributed by atoms with van der Waals surface area (Å²) in [6.45, 7) is 4.33. The van der Waals surface area contributed by atoms with Gasteiger partial charge in [-0.2, -0.15) is 0 Å². The molecule has 0 spiro atoms. The third-order valence-corrected chi connectivity index (χ3v) is 4.78. The number of nitrogens with zero attached hydrogens (tertiary/aromatic N) is 5. The summed E-state index contributed by atoms with van der Waals surface area (Å²) in [5, 5.41) is 14.4. The minimum atomic E-state index is -0.382. The second-order valence-corrected chi connectivity index (χ2v) is 7.04. The fourth-order valence-corrected chi connectivity index (χ4v) is 3.14. The highest BCUT2D eigenvalue weighted by atomic mass is 19.1. The zero-order valence-electron chi connectivity index (χ0n) is 16.5. The molecule has 1 saturated heterocycles. The summed E-state index contributed by atoms with van der Waals surface area (Å²) in [6.07, 6.45) is 1.79. The minimum Gasteiger partial charge on any atom is -0.352 e. The lowest BCUT2D eigenvalue weighted by molar-refractivity contribution is 0.208. The van der Waals surface area contributed by atoms with Gasteiger partial charge in [-0.05, 0) is 48.9 Å². The molecule has 0 aliphatic carbocycles. The van der Waals surface area contributed by atoms with Crippen LogP contribution in [-0.4, -0.2) is 52.3 Å². The third kappa shape index (κ3) is 4.80.